The van der Waals surface area contributed by atoms with Gasteiger partial charge in [-0.1, -0.05) is 13.0 Å². The van der Waals surface area contributed by atoms with Crippen LogP contribution in [0.2, 0.25) is 0 Å². The van der Waals surface area contributed by atoms with Crippen molar-refractivity contribution in [3.05, 3.63) is 51.5 Å². The van der Waals surface area contributed by atoms with E-state index in [1.807, 2.05) is 23.6 Å². The Morgan fingerprint density at radius 3 is 3.00 bits per heavy atom. The van der Waals surface area contributed by atoms with Crippen molar-refractivity contribution in [3.8, 4) is 0 Å². The summed E-state index contributed by atoms with van der Waals surface area (Å²) in [6.45, 7) is 4.44. The lowest BCUT2D eigenvalue weighted by Crippen LogP contribution is -2.27. The Labute approximate surface area is 134 Å². The molecule has 0 fully saturated rings. The molecule has 0 bridgehead atoms. The minimum absolute atomic E-state index is 0. The lowest BCUT2D eigenvalue weighted by molar-refractivity contribution is 0.0951. The highest BCUT2D eigenvalue weighted by Crippen LogP contribution is 2.18. The van der Waals surface area contributed by atoms with Crippen LogP contribution in [0.1, 0.15) is 39.3 Å². The number of nitrogens with one attached hydrogen (secondary N) is 2. The molecule has 1 aromatic heterocycles. The zero-order valence-electron chi connectivity index (χ0n) is 11.8. The summed E-state index contributed by atoms with van der Waals surface area (Å²) < 4.78 is 0. The van der Waals surface area contributed by atoms with Crippen LogP contribution in [0.4, 0.5) is 0 Å². The average molecular weight is 324 g/mol. The van der Waals surface area contributed by atoms with E-state index in [9.17, 15) is 4.79 Å². The van der Waals surface area contributed by atoms with Crippen molar-refractivity contribution in [3.63, 3.8) is 0 Å². The van der Waals surface area contributed by atoms with Crippen molar-refractivity contribution >= 4 is 29.7 Å². The lowest BCUT2D eigenvalue weighted by atomic mass is 10.1. The summed E-state index contributed by atoms with van der Waals surface area (Å²) in [6, 6.07) is 5.92. The van der Waals surface area contributed by atoms with E-state index >= 15 is 0 Å². The van der Waals surface area contributed by atoms with Gasteiger partial charge in [0.15, 0.2) is 0 Å². The van der Waals surface area contributed by atoms with Crippen LogP contribution >= 0.6 is 23.7 Å². The van der Waals surface area contributed by atoms with Gasteiger partial charge in [-0.2, -0.15) is 0 Å². The zero-order valence-corrected chi connectivity index (χ0v) is 13.4. The highest BCUT2D eigenvalue weighted by Gasteiger charge is 2.14. The maximum Gasteiger partial charge on any atom is 0.251 e. The Kier molecular flexibility index (Phi) is 5.33. The van der Waals surface area contributed by atoms with E-state index in [0.717, 1.165) is 23.7 Å². The summed E-state index contributed by atoms with van der Waals surface area (Å²) in [6.07, 6.45) is 1.80. The van der Waals surface area contributed by atoms with Crippen molar-refractivity contribution in [2.24, 2.45) is 0 Å². The van der Waals surface area contributed by atoms with E-state index in [1.54, 1.807) is 17.5 Å². The smallest absolute Gasteiger partial charge is 0.251 e. The van der Waals surface area contributed by atoms with Gasteiger partial charge < -0.3 is 10.6 Å². The summed E-state index contributed by atoms with van der Waals surface area (Å²) in [5.41, 5.74) is 3.25. The van der Waals surface area contributed by atoms with E-state index < -0.39 is 0 Å². The highest BCUT2D eigenvalue weighted by atomic mass is 35.5. The van der Waals surface area contributed by atoms with Crippen LogP contribution in [0.3, 0.4) is 0 Å². The van der Waals surface area contributed by atoms with Crippen LogP contribution < -0.4 is 10.6 Å². The van der Waals surface area contributed by atoms with E-state index in [-0.39, 0.29) is 24.2 Å². The Bertz CT molecular complexity index is 615. The molecule has 0 radical (unpaired) electrons. The molecule has 3 rings (SSSR count). The molecule has 1 unspecified atom stereocenters. The summed E-state index contributed by atoms with van der Waals surface area (Å²) >= 11 is 1.62. The number of halogens is 1. The van der Waals surface area contributed by atoms with Crippen LogP contribution in [0, 0.1) is 0 Å². The van der Waals surface area contributed by atoms with Crippen molar-refractivity contribution < 1.29 is 4.79 Å². The van der Waals surface area contributed by atoms with E-state index in [4.69, 9.17) is 0 Å². The Hall–Kier alpha value is -1.43. The van der Waals surface area contributed by atoms with Gasteiger partial charge in [0.05, 0.1) is 5.01 Å². The molecule has 112 valence electrons. The number of benzene rings is 1. The number of fused-ring (bicyclic) bond motifs is 1. The first kappa shape index (κ1) is 15.9. The van der Waals surface area contributed by atoms with Crippen molar-refractivity contribution in [1.29, 1.82) is 0 Å². The molecule has 2 N–H and O–H groups in total. The number of nitrogens with zero attached hydrogens (tertiary/aromatic N) is 1. The second kappa shape index (κ2) is 7.02. The zero-order chi connectivity index (χ0) is 13.9. The van der Waals surface area contributed by atoms with Gasteiger partial charge in [-0.15, -0.1) is 23.7 Å². The molecular formula is C15H18ClN3OS. The summed E-state index contributed by atoms with van der Waals surface area (Å²) in [5.74, 6) is 0.234. The van der Waals surface area contributed by atoms with Crippen molar-refractivity contribution in [2.45, 2.75) is 25.9 Å². The quantitative estimate of drug-likeness (QED) is 0.909. The number of thiazole rings is 1. The predicted octanol–water partition coefficient (Wildman–Crippen LogP) is 2.70. The monoisotopic (exact) mass is 323 g/mol. The van der Waals surface area contributed by atoms with Gasteiger partial charge in [-0.3, -0.25) is 4.79 Å². The predicted molar refractivity (Wildman–Crippen MR) is 87.1 cm³/mol. The minimum atomic E-state index is -0.0110. The minimum Gasteiger partial charge on any atom is -0.351 e. The molecule has 0 aliphatic carbocycles. The number of aromatic nitrogens is 1. The summed E-state index contributed by atoms with van der Waals surface area (Å²) in [7, 11) is 0. The standard InChI is InChI=1S/C15H17N3OS.ClH/c1-10(15-17-4-5-20-15)7-18-14(19)11-2-3-12-8-16-9-13(12)6-11;/h2-6,10,16H,7-9H2,1H3,(H,18,19);1H. The van der Waals surface area contributed by atoms with Crippen LogP contribution in [-0.4, -0.2) is 17.4 Å². The fraction of sp³-hybridized carbons (Fsp3) is 0.333. The summed E-state index contributed by atoms with van der Waals surface area (Å²) in [5, 5.41) is 9.29. The van der Waals surface area contributed by atoms with E-state index in [1.165, 1.54) is 11.1 Å². The molecule has 0 saturated carbocycles. The Morgan fingerprint density at radius 2 is 2.24 bits per heavy atom. The van der Waals surface area contributed by atoms with Gasteiger partial charge in [-0.05, 0) is 23.3 Å². The van der Waals surface area contributed by atoms with Gasteiger partial charge >= 0.3 is 0 Å². The average Bonchev–Trinajstić information content (AvgIpc) is 3.13. The molecule has 1 aromatic carbocycles. The van der Waals surface area contributed by atoms with Crippen molar-refractivity contribution in [2.75, 3.05) is 6.54 Å². The molecule has 1 amide bonds. The number of carbonyl (C=O) groups excluding carboxylic acids is 1. The molecular weight excluding hydrogens is 306 g/mol. The number of hydrogen-bond donors (Lipinski definition) is 2. The maximum absolute atomic E-state index is 12.2. The molecule has 4 nitrogen and oxygen atoms in total. The molecule has 0 saturated heterocycles. The fourth-order valence-electron chi connectivity index (χ4n) is 2.35. The topological polar surface area (TPSA) is 54.0 Å². The third-order valence-electron chi connectivity index (χ3n) is 3.54. The van der Waals surface area contributed by atoms with E-state index in [0.29, 0.717) is 6.54 Å². The first-order chi connectivity index (χ1) is 9.74. The molecule has 2 heterocycles. The third-order valence-corrected chi connectivity index (χ3v) is 4.55. The SMILES string of the molecule is CC(CNC(=O)c1ccc2c(c1)CNC2)c1nccs1.Cl. The first-order valence-corrected chi connectivity index (χ1v) is 7.62. The van der Waals surface area contributed by atoms with Gasteiger partial charge in [0.25, 0.3) is 5.91 Å². The molecule has 21 heavy (non-hydrogen) atoms. The number of amides is 1. The third kappa shape index (κ3) is 3.61. The molecule has 1 aliphatic rings. The van der Waals surface area contributed by atoms with Gasteiger partial charge in [-0.25, -0.2) is 4.98 Å². The number of rotatable bonds is 4. The molecule has 6 heteroatoms. The van der Waals surface area contributed by atoms with E-state index in [2.05, 4.69) is 22.5 Å². The summed E-state index contributed by atoms with van der Waals surface area (Å²) in [4.78, 5) is 16.4. The number of carbonyl (C=O) groups is 1. The van der Waals surface area contributed by atoms with Crippen LogP contribution in [-0.2, 0) is 13.1 Å². The van der Waals surface area contributed by atoms with Gasteiger partial charge in [0.2, 0.25) is 0 Å². The Morgan fingerprint density at radius 1 is 1.43 bits per heavy atom. The molecule has 2 aromatic rings. The lowest BCUT2D eigenvalue weighted by Gasteiger charge is -2.10. The van der Waals surface area contributed by atoms with Gasteiger partial charge in [0.1, 0.15) is 0 Å². The first-order valence-electron chi connectivity index (χ1n) is 6.74. The van der Waals surface area contributed by atoms with Gasteiger partial charge in [0, 0.05) is 42.7 Å². The molecule has 1 aliphatic heterocycles. The molecule has 0 spiro atoms. The second-order valence-corrected chi connectivity index (χ2v) is 5.99. The van der Waals surface area contributed by atoms with Crippen LogP contribution in [0.25, 0.3) is 0 Å². The van der Waals surface area contributed by atoms with Crippen LogP contribution in [0.15, 0.2) is 29.8 Å². The maximum atomic E-state index is 12.2. The normalized spacial score (nSPS) is 14.1. The number of hydrogen-bond acceptors (Lipinski definition) is 4. The Balaban J connectivity index is 0.00000161. The fourth-order valence-corrected chi connectivity index (χ4v) is 3.05. The van der Waals surface area contributed by atoms with Crippen LogP contribution in [0.5, 0.6) is 0 Å². The highest BCUT2D eigenvalue weighted by molar-refractivity contribution is 7.09. The van der Waals surface area contributed by atoms with Crippen molar-refractivity contribution in [1.82, 2.24) is 15.6 Å². The second-order valence-electron chi connectivity index (χ2n) is 5.07. The largest absolute Gasteiger partial charge is 0.351 e. The molecule has 1 atom stereocenters.